The van der Waals surface area contributed by atoms with Crippen molar-refractivity contribution < 1.29 is 4.39 Å². The van der Waals surface area contributed by atoms with Gasteiger partial charge in [0.15, 0.2) is 5.82 Å². The summed E-state index contributed by atoms with van der Waals surface area (Å²) in [4.78, 5) is 27.5. The minimum atomic E-state index is -0.435. The van der Waals surface area contributed by atoms with Crippen LogP contribution < -0.4 is 10.9 Å². The zero-order valence-corrected chi connectivity index (χ0v) is 18.7. The maximum absolute atomic E-state index is 14.1. The van der Waals surface area contributed by atoms with Gasteiger partial charge in [0.2, 0.25) is 0 Å². The van der Waals surface area contributed by atoms with Gasteiger partial charge < -0.3 is 5.32 Å². The molecule has 3 heterocycles. The molecule has 0 saturated carbocycles. The molecule has 0 fully saturated rings. The van der Waals surface area contributed by atoms with Crippen LogP contribution in [0.3, 0.4) is 0 Å². The van der Waals surface area contributed by atoms with Crippen LogP contribution in [0.25, 0.3) is 26.8 Å². The highest BCUT2D eigenvalue weighted by atomic mass is 35.5. The molecular weight excluding hydrogens is 449 g/mol. The minimum Gasteiger partial charge on any atom is -0.360 e. The Kier molecular flexibility index (Phi) is 5.11. The van der Waals surface area contributed by atoms with Crippen molar-refractivity contribution in [2.45, 2.75) is 19.9 Å². The van der Waals surface area contributed by atoms with Gasteiger partial charge in [-0.1, -0.05) is 41.1 Å². The van der Waals surface area contributed by atoms with E-state index in [0.29, 0.717) is 38.5 Å². The van der Waals surface area contributed by atoms with E-state index >= 15 is 0 Å². The Morgan fingerprint density at radius 3 is 2.78 bits per heavy atom. The number of benzene rings is 2. The summed E-state index contributed by atoms with van der Waals surface area (Å²) in [5.74, 6) is 0.131. The van der Waals surface area contributed by atoms with Crippen LogP contribution in [0.2, 0.25) is 5.02 Å². The van der Waals surface area contributed by atoms with E-state index < -0.39 is 5.82 Å². The Morgan fingerprint density at radius 1 is 1.16 bits per heavy atom. The molecular formula is C23H17ClFN5OS. The predicted molar refractivity (Wildman–Crippen MR) is 126 cm³/mol. The highest BCUT2D eigenvalue weighted by molar-refractivity contribution is 7.18. The number of halogens is 2. The summed E-state index contributed by atoms with van der Waals surface area (Å²) >= 11 is 7.84. The summed E-state index contributed by atoms with van der Waals surface area (Å²) in [6, 6.07) is 12.7. The molecule has 9 heteroatoms. The van der Waals surface area contributed by atoms with Crippen LogP contribution in [-0.2, 0) is 0 Å². The lowest BCUT2D eigenvalue weighted by Gasteiger charge is -2.21. The van der Waals surface area contributed by atoms with Gasteiger partial charge in [-0.25, -0.2) is 19.3 Å². The molecule has 0 aliphatic rings. The summed E-state index contributed by atoms with van der Waals surface area (Å²) in [5, 5.41) is 5.67. The maximum atomic E-state index is 14.1. The number of thiazole rings is 1. The fraction of sp³-hybridized carbons (Fsp3) is 0.130. The molecule has 0 bridgehead atoms. The molecule has 3 aromatic heterocycles. The molecule has 0 unspecified atom stereocenters. The van der Waals surface area contributed by atoms with Gasteiger partial charge in [0.1, 0.15) is 22.5 Å². The third-order valence-corrected chi connectivity index (χ3v) is 6.38. The molecule has 32 heavy (non-hydrogen) atoms. The molecule has 0 amide bonds. The van der Waals surface area contributed by atoms with Gasteiger partial charge in [0.25, 0.3) is 5.56 Å². The monoisotopic (exact) mass is 465 g/mol. The second-order valence-corrected chi connectivity index (χ2v) is 8.96. The Hall–Kier alpha value is -3.36. The first-order valence-electron chi connectivity index (χ1n) is 9.87. The minimum absolute atomic E-state index is 0.320. The number of nitrogens with zero attached hydrogens (tertiary/aromatic N) is 4. The summed E-state index contributed by atoms with van der Waals surface area (Å²) < 4.78 is 15.5. The Labute approximate surface area is 191 Å². The molecule has 1 atom stereocenters. The lowest BCUT2D eigenvalue weighted by molar-refractivity contribution is 0.625. The maximum Gasteiger partial charge on any atom is 0.264 e. The molecule has 5 aromatic rings. The number of aryl methyl sites for hydroxylation is 1. The number of aromatic nitrogens is 4. The van der Waals surface area contributed by atoms with Crippen molar-refractivity contribution in [2.75, 3.05) is 5.32 Å². The van der Waals surface area contributed by atoms with Crippen LogP contribution in [-0.4, -0.2) is 19.5 Å². The number of nitrogens with one attached hydrogen (secondary N) is 1. The summed E-state index contributed by atoms with van der Waals surface area (Å²) in [6.45, 7) is 3.82. The average molecular weight is 466 g/mol. The molecule has 0 aliphatic heterocycles. The molecule has 1 N–H and O–H groups in total. The second-order valence-electron chi connectivity index (χ2n) is 7.37. The van der Waals surface area contributed by atoms with Gasteiger partial charge >= 0.3 is 0 Å². The molecule has 6 nitrogen and oxygen atoms in total. The van der Waals surface area contributed by atoms with Crippen LogP contribution >= 0.6 is 22.9 Å². The van der Waals surface area contributed by atoms with Crippen molar-refractivity contribution >= 4 is 49.9 Å². The van der Waals surface area contributed by atoms with Crippen molar-refractivity contribution in [3.05, 3.63) is 86.8 Å². The first-order valence-corrected chi connectivity index (χ1v) is 11.1. The Balaban J connectivity index is 1.71. The first-order chi connectivity index (χ1) is 15.4. The summed E-state index contributed by atoms with van der Waals surface area (Å²) in [5.41, 5.74) is 1.40. The molecule has 0 radical (unpaired) electrons. The van der Waals surface area contributed by atoms with E-state index in [-0.39, 0.29) is 11.6 Å². The zero-order chi connectivity index (χ0) is 22.4. The van der Waals surface area contributed by atoms with Gasteiger partial charge in [-0.2, -0.15) is 0 Å². The molecule has 0 saturated heterocycles. The van der Waals surface area contributed by atoms with E-state index in [4.69, 9.17) is 11.6 Å². The topological polar surface area (TPSA) is 72.7 Å². The number of anilines is 1. The quantitative estimate of drug-likeness (QED) is 0.370. The molecule has 2 aromatic carbocycles. The largest absolute Gasteiger partial charge is 0.360 e. The van der Waals surface area contributed by atoms with Gasteiger partial charge in [-0.15, -0.1) is 0 Å². The van der Waals surface area contributed by atoms with Gasteiger partial charge in [-0.3, -0.25) is 9.36 Å². The van der Waals surface area contributed by atoms with Gasteiger partial charge in [0, 0.05) is 5.69 Å². The van der Waals surface area contributed by atoms with Crippen LogP contribution in [0.4, 0.5) is 10.2 Å². The lowest BCUT2D eigenvalue weighted by atomic mass is 10.1. The van der Waals surface area contributed by atoms with E-state index in [1.807, 2.05) is 26.0 Å². The van der Waals surface area contributed by atoms with Crippen molar-refractivity contribution in [2.24, 2.45) is 0 Å². The van der Waals surface area contributed by atoms with Crippen molar-refractivity contribution in [1.82, 2.24) is 19.5 Å². The number of rotatable bonds is 4. The Morgan fingerprint density at radius 2 is 1.97 bits per heavy atom. The summed E-state index contributed by atoms with van der Waals surface area (Å²) in [6.07, 6.45) is 1.48. The number of hydrogen-bond acceptors (Lipinski definition) is 6. The average Bonchev–Trinajstić information content (AvgIpc) is 3.14. The number of hydrogen-bond donors (Lipinski definition) is 1. The third-order valence-electron chi connectivity index (χ3n) is 5.19. The van der Waals surface area contributed by atoms with E-state index in [0.717, 1.165) is 9.84 Å². The standard InChI is InChI=1S/C23H17ClFN5OS/c1-12(28-21-20-22(27-11-26-21)32-13(2)29-20)18-9-14-5-3-8-17(24)19(14)23(31)30(18)16-7-4-6-15(25)10-16/h3-12H,1-2H3,(H,26,27,28)/t12-/m0/s1. The fourth-order valence-corrected chi connectivity index (χ4v) is 4.80. The van der Waals surface area contributed by atoms with Gasteiger partial charge in [-0.05, 0) is 49.6 Å². The first kappa shape index (κ1) is 20.5. The highest BCUT2D eigenvalue weighted by Crippen LogP contribution is 2.29. The van der Waals surface area contributed by atoms with Crippen LogP contribution in [0.5, 0.6) is 0 Å². The number of pyridine rings is 1. The third kappa shape index (κ3) is 3.51. The predicted octanol–water partition coefficient (Wildman–Crippen LogP) is 5.66. The smallest absolute Gasteiger partial charge is 0.264 e. The van der Waals surface area contributed by atoms with Crippen molar-refractivity contribution in [3.63, 3.8) is 0 Å². The SMILES string of the molecule is Cc1nc2c(N[C@@H](C)c3cc4cccc(Cl)c4c(=O)n3-c3cccc(F)c3)ncnc2s1. The number of fused-ring (bicyclic) bond motifs is 2. The van der Waals surface area contributed by atoms with Crippen LogP contribution in [0.15, 0.2) is 59.7 Å². The van der Waals surface area contributed by atoms with E-state index in [2.05, 4.69) is 20.3 Å². The summed E-state index contributed by atoms with van der Waals surface area (Å²) in [7, 11) is 0. The van der Waals surface area contributed by atoms with Crippen LogP contribution in [0, 0.1) is 12.7 Å². The zero-order valence-electron chi connectivity index (χ0n) is 17.1. The normalized spacial score (nSPS) is 12.4. The molecule has 160 valence electrons. The lowest BCUT2D eigenvalue weighted by Crippen LogP contribution is -2.26. The van der Waals surface area contributed by atoms with Crippen LogP contribution in [0.1, 0.15) is 23.7 Å². The van der Waals surface area contributed by atoms with E-state index in [9.17, 15) is 9.18 Å². The van der Waals surface area contributed by atoms with E-state index in [1.165, 1.54) is 34.4 Å². The molecule has 0 aliphatic carbocycles. The molecule has 0 spiro atoms. The van der Waals surface area contributed by atoms with Crippen molar-refractivity contribution in [3.8, 4) is 5.69 Å². The van der Waals surface area contributed by atoms with E-state index in [1.54, 1.807) is 24.3 Å². The highest BCUT2D eigenvalue weighted by Gasteiger charge is 2.20. The van der Waals surface area contributed by atoms with Crippen molar-refractivity contribution in [1.29, 1.82) is 0 Å². The van der Waals surface area contributed by atoms with Gasteiger partial charge in [0.05, 0.1) is 27.1 Å². The second kappa shape index (κ2) is 7.96. The fourth-order valence-electron chi connectivity index (χ4n) is 3.78. The molecule has 5 rings (SSSR count). The Bertz CT molecular complexity index is 1550.